The lowest BCUT2D eigenvalue weighted by Gasteiger charge is -2.35. The van der Waals surface area contributed by atoms with Crippen LogP contribution in [0.1, 0.15) is 50.4 Å². The normalized spacial score (nSPS) is 22.8. The minimum Gasteiger partial charge on any atom is -0.491 e. The van der Waals surface area contributed by atoms with Gasteiger partial charge in [-0.05, 0) is 63.9 Å². The largest absolute Gasteiger partial charge is 0.491 e. The highest BCUT2D eigenvalue weighted by Gasteiger charge is 2.38. The van der Waals surface area contributed by atoms with Gasteiger partial charge in [0, 0.05) is 17.5 Å². The molecule has 3 heteroatoms. The second-order valence-electron chi connectivity index (χ2n) is 5.93. The number of nitrogens with one attached hydrogen (secondary N) is 1. The second-order valence-corrected chi connectivity index (χ2v) is 5.93. The van der Waals surface area contributed by atoms with Gasteiger partial charge in [0.15, 0.2) is 5.78 Å². The molecule has 1 aliphatic heterocycles. The van der Waals surface area contributed by atoms with Crippen LogP contribution in [-0.4, -0.2) is 25.0 Å². The minimum absolute atomic E-state index is 0.154. The highest BCUT2D eigenvalue weighted by molar-refractivity contribution is 6.00. The molecule has 0 bridgehead atoms. The molecule has 0 aromatic heterocycles. The van der Waals surface area contributed by atoms with Gasteiger partial charge in [0.25, 0.3) is 0 Å². The number of carbonyl (C=O) groups excluding carboxylic acids is 1. The van der Waals surface area contributed by atoms with Crippen LogP contribution in [-0.2, 0) is 0 Å². The number of ether oxygens (including phenoxy) is 1. The van der Waals surface area contributed by atoms with Gasteiger partial charge in [-0.3, -0.25) is 4.79 Å². The van der Waals surface area contributed by atoms with Crippen LogP contribution in [0.3, 0.4) is 0 Å². The maximum absolute atomic E-state index is 12.8. The van der Waals surface area contributed by atoms with Crippen molar-refractivity contribution in [3.8, 4) is 5.75 Å². The molecule has 1 aromatic rings. The first kappa shape index (κ1) is 15.0. The second kappa shape index (κ2) is 6.40. The van der Waals surface area contributed by atoms with Crippen LogP contribution in [0.25, 0.3) is 0 Å². The highest BCUT2D eigenvalue weighted by atomic mass is 16.5. The summed E-state index contributed by atoms with van der Waals surface area (Å²) in [7, 11) is 0. The van der Waals surface area contributed by atoms with Gasteiger partial charge in [-0.15, -0.1) is 0 Å². The highest BCUT2D eigenvalue weighted by Crippen LogP contribution is 2.34. The first-order chi connectivity index (χ1) is 9.57. The Bertz CT molecular complexity index is 445. The van der Waals surface area contributed by atoms with Crippen molar-refractivity contribution >= 4 is 5.78 Å². The molecule has 0 spiro atoms. The van der Waals surface area contributed by atoms with Crippen molar-refractivity contribution in [2.24, 2.45) is 5.41 Å². The van der Waals surface area contributed by atoms with Gasteiger partial charge in [0.05, 0.1) is 6.10 Å². The molecule has 0 aliphatic carbocycles. The third-order valence-electron chi connectivity index (χ3n) is 4.12. The van der Waals surface area contributed by atoms with Gasteiger partial charge in [-0.2, -0.15) is 0 Å². The zero-order valence-corrected chi connectivity index (χ0v) is 12.7. The maximum Gasteiger partial charge on any atom is 0.170 e. The average molecular weight is 275 g/mol. The van der Waals surface area contributed by atoms with Crippen LogP contribution in [0.15, 0.2) is 24.3 Å². The summed E-state index contributed by atoms with van der Waals surface area (Å²) in [6.07, 6.45) is 3.11. The van der Waals surface area contributed by atoms with Crippen LogP contribution in [0.2, 0.25) is 0 Å². The summed E-state index contributed by atoms with van der Waals surface area (Å²) >= 11 is 0. The van der Waals surface area contributed by atoms with Crippen LogP contribution in [0, 0.1) is 5.41 Å². The van der Waals surface area contributed by atoms with E-state index < -0.39 is 0 Å². The first-order valence-corrected chi connectivity index (χ1v) is 7.59. The molecule has 1 saturated heterocycles. The average Bonchev–Trinajstić information content (AvgIpc) is 2.47. The zero-order valence-electron chi connectivity index (χ0n) is 12.7. The quantitative estimate of drug-likeness (QED) is 0.837. The third kappa shape index (κ3) is 3.21. The van der Waals surface area contributed by atoms with E-state index in [0.717, 1.165) is 43.7 Å². The van der Waals surface area contributed by atoms with Crippen molar-refractivity contribution in [3.63, 3.8) is 0 Å². The van der Waals surface area contributed by atoms with E-state index in [-0.39, 0.29) is 17.3 Å². The SMILES string of the molecule is CCC1(C(=O)c2ccc(OC(C)C)cc2)CCCNC1. The topological polar surface area (TPSA) is 38.3 Å². The molecule has 1 unspecified atom stereocenters. The van der Waals surface area contributed by atoms with Crippen molar-refractivity contribution < 1.29 is 9.53 Å². The van der Waals surface area contributed by atoms with Crippen LogP contribution in [0.4, 0.5) is 0 Å². The number of carbonyl (C=O) groups is 1. The predicted octanol–water partition coefficient (Wildman–Crippen LogP) is 3.44. The fourth-order valence-corrected chi connectivity index (χ4v) is 2.89. The molecule has 1 atom stereocenters. The lowest BCUT2D eigenvalue weighted by atomic mass is 9.73. The Balaban J connectivity index is 2.15. The molecule has 1 heterocycles. The number of rotatable bonds is 5. The lowest BCUT2D eigenvalue weighted by Crippen LogP contribution is -2.45. The number of benzene rings is 1. The smallest absolute Gasteiger partial charge is 0.170 e. The van der Waals surface area contributed by atoms with E-state index in [4.69, 9.17) is 4.74 Å². The number of hydrogen-bond acceptors (Lipinski definition) is 3. The Morgan fingerprint density at radius 3 is 2.55 bits per heavy atom. The Hall–Kier alpha value is -1.35. The van der Waals surface area contributed by atoms with Gasteiger partial charge >= 0.3 is 0 Å². The summed E-state index contributed by atoms with van der Waals surface area (Å²) in [5.41, 5.74) is 0.574. The Morgan fingerprint density at radius 2 is 2.05 bits per heavy atom. The molecule has 1 N–H and O–H groups in total. The van der Waals surface area contributed by atoms with Gasteiger partial charge in [0.1, 0.15) is 5.75 Å². The van der Waals surface area contributed by atoms with E-state index in [9.17, 15) is 4.79 Å². The fraction of sp³-hybridized carbons (Fsp3) is 0.588. The third-order valence-corrected chi connectivity index (χ3v) is 4.12. The van der Waals surface area contributed by atoms with Gasteiger partial charge in [-0.25, -0.2) is 0 Å². The van der Waals surface area contributed by atoms with E-state index >= 15 is 0 Å². The minimum atomic E-state index is -0.224. The molecular weight excluding hydrogens is 250 g/mol. The van der Waals surface area contributed by atoms with Gasteiger partial charge in [0.2, 0.25) is 0 Å². The molecule has 1 fully saturated rings. The van der Waals surface area contributed by atoms with Gasteiger partial charge in [-0.1, -0.05) is 6.92 Å². The Morgan fingerprint density at radius 1 is 1.35 bits per heavy atom. The van der Waals surface area contributed by atoms with Crippen LogP contribution in [0.5, 0.6) is 5.75 Å². The Labute approximate surface area is 121 Å². The summed E-state index contributed by atoms with van der Waals surface area (Å²) in [4.78, 5) is 12.8. The number of Topliss-reactive ketones (excluding diaryl/α,β-unsaturated/α-hetero) is 1. The van der Waals surface area contributed by atoms with Crippen molar-refractivity contribution in [1.82, 2.24) is 5.32 Å². The number of hydrogen-bond donors (Lipinski definition) is 1. The fourth-order valence-electron chi connectivity index (χ4n) is 2.89. The van der Waals surface area contributed by atoms with Gasteiger partial charge < -0.3 is 10.1 Å². The molecule has 3 nitrogen and oxygen atoms in total. The van der Waals surface area contributed by atoms with Crippen molar-refractivity contribution in [2.45, 2.75) is 46.1 Å². The molecule has 1 aliphatic rings. The number of ketones is 1. The summed E-state index contributed by atoms with van der Waals surface area (Å²) in [6, 6.07) is 7.58. The first-order valence-electron chi connectivity index (χ1n) is 7.59. The molecule has 2 rings (SSSR count). The van der Waals surface area contributed by atoms with Crippen LogP contribution < -0.4 is 10.1 Å². The summed E-state index contributed by atoms with van der Waals surface area (Å²) < 4.78 is 5.62. The summed E-state index contributed by atoms with van der Waals surface area (Å²) in [5.74, 6) is 1.09. The molecular formula is C17H25NO2. The number of piperidine rings is 1. The summed E-state index contributed by atoms with van der Waals surface area (Å²) in [6.45, 7) is 7.93. The summed E-state index contributed by atoms with van der Waals surface area (Å²) in [5, 5.41) is 3.37. The standard InChI is InChI=1S/C17H25NO2/c1-4-17(10-5-11-18-12-17)16(19)14-6-8-15(9-7-14)20-13(2)3/h6-9,13,18H,4-5,10-12H2,1-3H3. The van der Waals surface area contributed by atoms with Crippen molar-refractivity contribution in [3.05, 3.63) is 29.8 Å². The molecule has 0 saturated carbocycles. The Kier molecular flexibility index (Phi) is 4.81. The maximum atomic E-state index is 12.8. The lowest BCUT2D eigenvalue weighted by molar-refractivity contribution is 0.0730. The van der Waals surface area contributed by atoms with E-state index in [1.54, 1.807) is 0 Å². The molecule has 0 amide bonds. The molecule has 20 heavy (non-hydrogen) atoms. The van der Waals surface area contributed by atoms with E-state index in [1.165, 1.54) is 0 Å². The van der Waals surface area contributed by atoms with Crippen LogP contribution >= 0.6 is 0 Å². The van der Waals surface area contributed by atoms with E-state index in [1.807, 2.05) is 38.1 Å². The van der Waals surface area contributed by atoms with E-state index in [2.05, 4.69) is 12.2 Å². The monoisotopic (exact) mass is 275 g/mol. The molecule has 110 valence electrons. The van der Waals surface area contributed by atoms with Crippen molar-refractivity contribution in [2.75, 3.05) is 13.1 Å². The van der Waals surface area contributed by atoms with Crippen molar-refractivity contribution in [1.29, 1.82) is 0 Å². The zero-order chi connectivity index (χ0) is 14.6. The van der Waals surface area contributed by atoms with E-state index in [0.29, 0.717) is 0 Å². The molecule has 1 aromatic carbocycles. The molecule has 0 radical (unpaired) electrons. The predicted molar refractivity (Wildman–Crippen MR) is 81.4 cm³/mol.